The molecule has 6 nitrogen and oxygen atoms in total. The van der Waals surface area contributed by atoms with Crippen LogP contribution in [-0.4, -0.2) is 35.2 Å². The van der Waals surface area contributed by atoms with Crippen LogP contribution < -0.4 is 4.90 Å². The molecule has 2 atom stereocenters. The second-order valence-electron chi connectivity index (χ2n) is 4.40. The molecule has 1 aromatic heterocycles. The summed E-state index contributed by atoms with van der Waals surface area (Å²) in [5, 5.41) is 10.6. The molecular weight excluding hydrogens is 258 g/mol. The molecule has 18 heavy (non-hydrogen) atoms. The van der Waals surface area contributed by atoms with E-state index < -0.39 is 4.92 Å². The van der Waals surface area contributed by atoms with Gasteiger partial charge in [-0.05, 0) is 19.9 Å². The van der Waals surface area contributed by atoms with Crippen molar-refractivity contribution in [2.24, 2.45) is 0 Å². The molecule has 0 N–H and O–H groups in total. The van der Waals surface area contributed by atoms with Crippen molar-refractivity contribution in [2.75, 3.05) is 18.0 Å². The number of hydrogen-bond acceptors (Lipinski definition) is 5. The molecule has 0 radical (unpaired) electrons. The molecule has 1 saturated heterocycles. The predicted molar refractivity (Wildman–Crippen MR) is 68.1 cm³/mol. The van der Waals surface area contributed by atoms with E-state index in [2.05, 4.69) is 4.98 Å². The molecule has 1 aliphatic heterocycles. The number of pyridine rings is 1. The minimum absolute atomic E-state index is 0.0794. The van der Waals surface area contributed by atoms with E-state index in [0.717, 1.165) is 0 Å². The maximum Gasteiger partial charge on any atom is 0.306 e. The fourth-order valence-electron chi connectivity index (χ4n) is 2.09. The summed E-state index contributed by atoms with van der Waals surface area (Å²) >= 11 is 5.81. The van der Waals surface area contributed by atoms with Crippen LogP contribution in [0.3, 0.4) is 0 Å². The highest BCUT2D eigenvalue weighted by molar-refractivity contribution is 6.31. The Morgan fingerprint density at radius 3 is 2.56 bits per heavy atom. The van der Waals surface area contributed by atoms with Gasteiger partial charge in [0.05, 0.1) is 17.1 Å². The van der Waals surface area contributed by atoms with Crippen molar-refractivity contribution in [3.05, 3.63) is 27.4 Å². The SMILES string of the molecule is C[C@H]1CN(c2ccc([N+](=O)[O-])c(Cl)n2)C[C@H](C)O1. The third kappa shape index (κ3) is 2.70. The van der Waals surface area contributed by atoms with Crippen molar-refractivity contribution in [1.82, 2.24) is 4.98 Å². The first-order valence-electron chi connectivity index (χ1n) is 5.68. The van der Waals surface area contributed by atoms with E-state index in [1.54, 1.807) is 6.07 Å². The van der Waals surface area contributed by atoms with Gasteiger partial charge in [-0.25, -0.2) is 4.98 Å². The Balaban J connectivity index is 2.23. The summed E-state index contributed by atoms with van der Waals surface area (Å²) in [5.41, 5.74) is -0.172. The van der Waals surface area contributed by atoms with Gasteiger partial charge in [-0.1, -0.05) is 11.6 Å². The van der Waals surface area contributed by atoms with E-state index in [1.807, 2.05) is 18.7 Å². The van der Waals surface area contributed by atoms with Crippen LogP contribution in [0.4, 0.5) is 11.5 Å². The van der Waals surface area contributed by atoms with Crippen LogP contribution in [0, 0.1) is 10.1 Å². The average molecular weight is 272 g/mol. The maximum absolute atomic E-state index is 10.7. The lowest BCUT2D eigenvalue weighted by Gasteiger charge is -2.36. The normalized spacial score (nSPS) is 24.1. The van der Waals surface area contributed by atoms with Gasteiger partial charge in [0, 0.05) is 19.2 Å². The number of morpholine rings is 1. The van der Waals surface area contributed by atoms with E-state index in [9.17, 15) is 10.1 Å². The van der Waals surface area contributed by atoms with E-state index >= 15 is 0 Å². The number of halogens is 1. The van der Waals surface area contributed by atoms with Crippen LogP contribution in [0.15, 0.2) is 12.1 Å². The van der Waals surface area contributed by atoms with Crippen molar-refractivity contribution in [2.45, 2.75) is 26.1 Å². The fraction of sp³-hybridized carbons (Fsp3) is 0.545. The molecule has 0 bridgehead atoms. The first kappa shape index (κ1) is 13.0. The molecule has 1 aromatic rings. The summed E-state index contributed by atoms with van der Waals surface area (Å²) in [4.78, 5) is 16.2. The molecule has 98 valence electrons. The summed E-state index contributed by atoms with van der Waals surface area (Å²) in [7, 11) is 0. The van der Waals surface area contributed by atoms with Gasteiger partial charge in [-0.2, -0.15) is 0 Å². The van der Waals surface area contributed by atoms with Crippen LogP contribution in [0.2, 0.25) is 5.15 Å². The number of hydrogen-bond donors (Lipinski definition) is 0. The van der Waals surface area contributed by atoms with Crippen molar-refractivity contribution < 1.29 is 9.66 Å². The van der Waals surface area contributed by atoms with E-state index in [0.29, 0.717) is 18.9 Å². The lowest BCUT2D eigenvalue weighted by Crippen LogP contribution is -2.45. The van der Waals surface area contributed by atoms with Gasteiger partial charge in [-0.3, -0.25) is 10.1 Å². The van der Waals surface area contributed by atoms with Crippen molar-refractivity contribution in [3.63, 3.8) is 0 Å². The van der Waals surface area contributed by atoms with Gasteiger partial charge in [0.25, 0.3) is 0 Å². The zero-order valence-corrected chi connectivity index (χ0v) is 10.9. The van der Waals surface area contributed by atoms with Gasteiger partial charge < -0.3 is 9.64 Å². The lowest BCUT2D eigenvalue weighted by atomic mass is 10.2. The van der Waals surface area contributed by atoms with E-state index in [4.69, 9.17) is 16.3 Å². The van der Waals surface area contributed by atoms with Gasteiger partial charge >= 0.3 is 5.69 Å². The van der Waals surface area contributed by atoms with E-state index in [-0.39, 0.29) is 23.0 Å². The van der Waals surface area contributed by atoms with Crippen LogP contribution in [0.25, 0.3) is 0 Å². The topological polar surface area (TPSA) is 68.5 Å². The number of nitrogens with zero attached hydrogens (tertiary/aromatic N) is 3. The first-order valence-corrected chi connectivity index (χ1v) is 6.06. The molecule has 0 saturated carbocycles. The zero-order valence-electron chi connectivity index (χ0n) is 10.2. The van der Waals surface area contributed by atoms with Crippen molar-refractivity contribution in [3.8, 4) is 0 Å². The molecule has 0 aliphatic carbocycles. The molecule has 7 heteroatoms. The van der Waals surface area contributed by atoms with E-state index in [1.165, 1.54) is 6.07 Å². The Kier molecular flexibility index (Phi) is 3.68. The monoisotopic (exact) mass is 271 g/mol. The van der Waals surface area contributed by atoms with Gasteiger partial charge in [0.15, 0.2) is 0 Å². The van der Waals surface area contributed by atoms with Gasteiger partial charge in [0.2, 0.25) is 5.15 Å². The second-order valence-corrected chi connectivity index (χ2v) is 4.76. The molecule has 0 unspecified atom stereocenters. The molecule has 0 amide bonds. The van der Waals surface area contributed by atoms with Gasteiger partial charge in [0.1, 0.15) is 5.82 Å². The summed E-state index contributed by atoms with van der Waals surface area (Å²) in [6, 6.07) is 3.00. The minimum atomic E-state index is -0.538. The maximum atomic E-state index is 10.7. The second kappa shape index (κ2) is 5.07. The Morgan fingerprint density at radius 2 is 2.06 bits per heavy atom. The molecule has 0 aromatic carbocycles. The predicted octanol–water partition coefficient (Wildman–Crippen LogP) is 2.26. The molecule has 1 fully saturated rings. The summed E-state index contributed by atoms with van der Waals surface area (Å²) < 4.78 is 5.62. The highest BCUT2D eigenvalue weighted by Gasteiger charge is 2.24. The van der Waals surface area contributed by atoms with Crippen LogP contribution in [0.1, 0.15) is 13.8 Å². The van der Waals surface area contributed by atoms with Gasteiger partial charge in [-0.15, -0.1) is 0 Å². The number of anilines is 1. The Bertz CT molecular complexity index is 459. The third-order valence-corrected chi connectivity index (χ3v) is 3.03. The lowest BCUT2D eigenvalue weighted by molar-refractivity contribution is -0.385. The Hall–Kier alpha value is -1.40. The highest BCUT2D eigenvalue weighted by atomic mass is 35.5. The van der Waals surface area contributed by atoms with Crippen molar-refractivity contribution in [1.29, 1.82) is 0 Å². The number of nitro groups is 1. The molecule has 2 heterocycles. The Morgan fingerprint density at radius 1 is 1.44 bits per heavy atom. The fourth-order valence-corrected chi connectivity index (χ4v) is 2.31. The standard InChI is InChI=1S/C11H14ClN3O3/c1-7-5-14(6-8(2)18-7)10-4-3-9(15(16)17)11(12)13-10/h3-4,7-8H,5-6H2,1-2H3/t7-,8-/m0/s1. The van der Waals surface area contributed by atoms with Crippen LogP contribution in [-0.2, 0) is 4.74 Å². The van der Waals surface area contributed by atoms with Crippen molar-refractivity contribution >= 4 is 23.1 Å². The summed E-state index contributed by atoms with van der Waals surface area (Å²) in [6.07, 6.45) is 0.203. The highest BCUT2D eigenvalue weighted by Crippen LogP contribution is 2.26. The first-order chi connectivity index (χ1) is 8.47. The number of rotatable bonds is 2. The molecule has 0 spiro atoms. The van der Waals surface area contributed by atoms with Crippen LogP contribution >= 0.6 is 11.6 Å². The largest absolute Gasteiger partial charge is 0.372 e. The molecule has 1 aliphatic rings. The summed E-state index contributed by atoms with van der Waals surface area (Å²) in [6.45, 7) is 5.36. The molecule has 2 rings (SSSR count). The summed E-state index contributed by atoms with van der Waals surface area (Å²) in [5.74, 6) is 0.646. The number of aromatic nitrogens is 1. The minimum Gasteiger partial charge on any atom is -0.372 e. The third-order valence-electron chi connectivity index (χ3n) is 2.75. The smallest absolute Gasteiger partial charge is 0.306 e. The zero-order chi connectivity index (χ0) is 13.3. The Labute approximate surface area is 110 Å². The number of ether oxygens (including phenoxy) is 1. The van der Waals surface area contributed by atoms with Crippen LogP contribution in [0.5, 0.6) is 0 Å². The molecular formula is C11H14ClN3O3. The quantitative estimate of drug-likeness (QED) is 0.469. The average Bonchev–Trinajstić information content (AvgIpc) is 2.26.